The average Bonchev–Trinajstić information content (AvgIpc) is 2.73. The molecule has 2 aromatic carbocycles. The van der Waals surface area contributed by atoms with E-state index in [1.807, 2.05) is 44.4 Å². The fraction of sp³-hybridized carbons (Fsp3) is 0.158. The van der Waals surface area contributed by atoms with Crippen molar-refractivity contribution in [3.05, 3.63) is 75.8 Å². The summed E-state index contributed by atoms with van der Waals surface area (Å²) in [6.07, 6.45) is 1.46. The van der Waals surface area contributed by atoms with Crippen LogP contribution in [0.15, 0.2) is 59.7 Å². The second kappa shape index (κ2) is 9.22. The molecule has 10 heteroatoms. The lowest BCUT2D eigenvalue weighted by atomic mass is 10.2. The minimum Gasteiger partial charge on any atom is -0.350 e. The van der Waals surface area contributed by atoms with Gasteiger partial charge in [0, 0.05) is 38.3 Å². The maximum Gasteiger partial charge on any atom is 0.270 e. The van der Waals surface area contributed by atoms with Crippen LogP contribution in [0.25, 0.3) is 0 Å². The number of aromatic nitrogens is 3. The van der Waals surface area contributed by atoms with Gasteiger partial charge in [0.2, 0.25) is 17.8 Å². The van der Waals surface area contributed by atoms with Gasteiger partial charge in [-0.1, -0.05) is 42.5 Å². The molecule has 3 aromatic rings. The molecule has 148 valence electrons. The number of nitrogens with zero attached hydrogens (tertiary/aromatic N) is 6. The van der Waals surface area contributed by atoms with Gasteiger partial charge < -0.3 is 10.2 Å². The molecule has 0 radical (unpaired) electrons. The van der Waals surface area contributed by atoms with Crippen LogP contribution < -0.4 is 15.6 Å². The largest absolute Gasteiger partial charge is 0.350 e. The van der Waals surface area contributed by atoms with Crippen molar-refractivity contribution in [2.45, 2.75) is 6.54 Å². The SMILES string of the molecule is CN(C)c1nc(NCc2ccccc2)nc(N/N=C/c2cccc([N+](=O)[O-])c2)n1. The van der Waals surface area contributed by atoms with Gasteiger partial charge in [-0.25, -0.2) is 5.43 Å². The van der Waals surface area contributed by atoms with E-state index in [1.165, 1.54) is 18.3 Å². The number of hydrogen-bond acceptors (Lipinski definition) is 9. The molecule has 0 aliphatic heterocycles. The van der Waals surface area contributed by atoms with Crippen LogP contribution in [-0.2, 0) is 6.54 Å². The van der Waals surface area contributed by atoms with Crippen molar-refractivity contribution in [1.29, 1.82) is 0 Å². The van der Waals surface area contributed by atoms with Crippen LogP contribution >= 0.6 is 0 Å². The number of hydrogen-bond donors (Lipinski definition) is 2. The molecule has 3 rings (SSSR count). The molecule has 1 aromatic heterocycles. The van der Waals surface area contributed by atoms with E-state index in [0.717, 1.165) is 5.56 Å². The summed E-state index contributed by atoms with van der Waals surface area (Å²) in [6.45, 7) is 0.564. The van der Waals surface area contributed by atoms with Gasteiger partial charge in [0.1, 0.15) is 0 Å². The maximum atomic E-state index is 10.9. The van der Waals surface area contributed by atoms with E-state index < -0.39 is 4.92 Å². The molecular weight excluding hydrogens is 372 g/mol. The summed E-state index contributed by atoms with van der Waals surface area (Å²) < 4.78 is 0. The zero-order chi connectivity index (χ0) is 20.6. The van der Waals surface area contributed by atoms with Gasteiger partial charge in [-0.3, -0.25) is 10.1 Å². The summed E-state index contributed by atoms with van der Waals surface area (Å²) in [6, 6.07) is 16.0. The van der Waals surface area contributed by atoms with Gasteiger partial charge in [0.05, 0.1) is 11.1 Å². The van der Waals surface area contributed by atoms with Crippen LogP contribution in [0.1, 0.15) is 11.1 Å². The molecule has 0 aliphatic rings. The Morgan fingerprint density at radius 1 is 1.07 bits per heavy atom. The highest BCUT2D eigenvalue weighted by molar-refractivity contribution is 5.81. The van der Waals surface area contributed by atoms with Crippen molar-refractivity contribution in [1.82, 2.24) is 15.0 Å². The van der Waals surface area contributed by atoms with Crippen molar-refractivity contribution in [3.63, 3.8) is 0 Å². The molecule has 10 nitrogen and oxygen atoms in total. The molecule has 2 N–H and O–H groups in total. The number of nitro groups is 1. The van der Waals surface area contributed by atoms with Gasteiger partial charge in [-0.05, 0) is 5.56 Å². The highest BCUT2D eigenvalue weighted by Crippen LogP contribution is 2.14. The third-order valence-corrected chi connectivity index (χ3v) is 3.78. The van der Waals surface area contributed by atoms with Crippen LogP contribution in [-0.4, -0.2) is 40.2 Å². The minimum atomic E-state index is -0.454. The quantitative estimate of drug-likeness (QED) is 0.341. The second-order valence-electron chi connectivity index (χ2n) is 6.24. The fourth-order valence-electron chi connectivity index (χ4n) is 2.35. The van der Waals surface area contributed by atoms with Crippen molar-refractivity contribution >= 4 is 29.7 Å². The monoisotopic (exact) mass is 392 g/mol. The summed E-state index contributed by atoms with van der Waals surface area (Å²) in [5.41, 5.74) is 4.42. The molecule has 1 heterocycles. The predicted octanol–water partition coefficient (Wildman–Crippen LogP) is 2.90. The van der Waals surface area contributed by atoms with Crippen molar-refractivity contribution < 1.29 is 4.92 Å². The van der Waals surface area contributed by atoms with E-state index in [1.54, 1.807) is 17.0 Å². The van der Waals surface area contributed by atoms with E-state index in [-0.39, 0.29) is 11.6 Å². The zero-order valence-corrected chi connectivity index (χ0v) is 16.0. The average molecular weight is 392 g/mol. The first kappa shape index (κ1) is 19.7. The molecular formula is C19H20N8O2. The lowest BCUT2D eigenvalue weighted by Crippen LogP contribution is -2.16. The maximum absolute atomic E-state index is 10.9. The van der Waals surface area contributed by atoms with Crippen LogP contribution in [0.5, 0.6) is 0 Å². The fourth-order valence-corrected chi connectivity index (χ4v) is 2.35. The Bertz CT molecular complexity index is 1010. The van der Waals surface area contributed by atoms with Crippen LogP contribution in [0, 0.1) is 10.1 Å². The molecule has 0 saturated carbocycles. The second-order valence-corrected chi connectivity index (χ2v) is 6.24. The number of anilines is 3. The smallest absolute Gasteiger partial charge is 0.270 e. The number of hydrazone groups is 1. The standard InChI is InChI=1S/C19H20N8O2/c1-26(2)19-23-17(20-12-14-7-4-3-5-8-14)22-18(24-19)25-21-13-15-9-6-10-16(11-15)27(28)29/h3-11,13H,12H2,1-2H3,(H2,20,22,23,24,25)/b21-13+. The molecule has 0 saturated heterocycles. The zero-order valence-electron chi connectivity index (χ0n) is 16.0. The van der Waals surface area contributed by atoms with E-state index >= 15 is 0 Å². The van der Waals surface area contributed by atoms with E-state index in [9.17, 15) is 10.1 Å². The Balaban J connectivity index is 1.73. The first-order valence-corrected chi connectivity index (χ1v) is 8.76. The molecule has 0 spiro atoms. The number of rotatable bonds is 8. The molecule has 0 aliphatic carbocycles. The third-order valence-electron chi connectivity index (χ3n) is 3.78. The summed E-state index contributed by atoms with van der Waals surface area (Å²) in [5.74, 6) is 1.12. The lowest BCUT2D eigenvalue weighted by molar-refractivity contribution is -0.384. The Morgan fingerprint density at radius 2 is 1.83 bits per heavy atom. The Labute approximate surface area is 167 Å². The summed E-state index contributed by atoms with van der Waals surface area (Å²) in [7, 11) is 3.65. The molecule has 0 unspecified atom stereocenters. The number of benzene rings is 2. The molecule has 0 amide bonds. The van der Waals surface area contributed by atoms with Crippen molar-refractivity contribution in [2.24, 2.45) is 5.10 Å². The number of nitrogens with one attached hydrogen (secondary N) is 2. The van der Waals surface area contributed by atoms with E-state index in [0.29, 0.717) is 24.0 Å². The Morgan fingerprint density at radius 3 is 2.55 bits per heavy atom. The highest BCUT2D eigenvalue weighted by atomic mass is 16.6. The molecule has 0 bridgehead atoms. The third kappa shape index (κ3) is 5.70. The predicted molar refractivity (Wildman–Crippen MR) is 112 cm³/mol. The number of non-ortho nitro benzene ring substituents is 1. The summed E-state index contributed by atoms with van der Waals surface area (Å²) >= 11 is 0. The van der Waals surface area contributed by atoms with Crippen LogP contribution in [0.4, 0.5) is 23.5 Å². The number of nitro benzene ring substituents is 1. The molecule has 29 heavy (non-hydrogen) atoms. The first-order valence-electron chi connectivity index (χ1n) is 8.76. The van der Waals surface area contributed by atoms with Gasteiger partial charge in [0.25, 0.3) is 5.69 Å². The summed E-state index contributed by atoms with van der Waals surface area (Å²) in [4.78, 5) is 25.1. The van der Waals surface area contributed by atoms with Gasteiger partial charge >= 0.3 is 0 Å². The Hall–Kier alpha value is -4.08. The van der Waals surface area contributed by atoms with Gasteiger partial charge in [0.15, 0.2) is 0 Å². The normalized spacial score (nSPS) is 10.7. The Kier molecular flexibility index (Phi) is 6.25. The minimum absolute atomic E-state index is 0.00333. The van der Waals surface area contributed by atoms with E-state index in [2.05, 4.69) is 30.8 Å². The topological polar surface area (TPSA) is 121 Å². The van der Waals surface area contributed by atoms with Crippen molar-refractivity contribution in [2.75, 3.05) is 29.7 Å². The van der Waals surface area contributed by atoms with Gasteiger partial charge in [-0.15, -0.1) is 0 Å². The van der Waals surface area contributed by atoms with Crippen LogP contribution in [0.3, 0.4) is 0 Å². The van der Waals surface area contributed by atoms with E-state index in [4.69, 9.17) is 0 Å². The van der Waals surface area contributed by atoms with Gasteiger partial charge in [-0.2, -0.15) is 20.1 Å². The van der Waals surface area contributed by atoms with Crippen molar-refractivity contribution in [3.8, 4) is 0 Å². The molecule has 0 atom stereocenters. The summed E-state index contributed by atoms with van der Waals surface area (Å²) in [5, 5.41) is 18.1. The lowest BCUT2D eigenvalue weighted by Gasteiger charge is -2.13. The van der Waals surface area contributed by atoms with Crippen LogP contribution in [0.2, 0.25) is 0 Å². The highest BCUT2D eigenvalue weighted by Gasteiger charge is 2.08. The molecule has 0 fully saturated rings. The first-order chi connectivity index (χ1) is 14.0.